The highest BCUT2D eigenvalue weighted by atomic mass is 16.5. The molecule has 1 unspecified atom stereocenters. The molecule has 0 saturated carbocycles. The van der Waals surface area contributed by atoms with Crippen molar-refractivity contribution in [3.8, 4) is 11.5 Å². The highest BCUT2D eigenvalue weighted by Crippen LogP contribution is 2.25. The number of benzene rings is 1. The summed E-state index contributed by atoms with van der Waals surface area (Å²) in [4.78, 5) is 14.4. The first kappa shape index (κ1) is 15.4. The highest BCUT2D eigenvalue weighted by molar-refractivity contribution is 5.97. The minimum absolute atomic E-state index is 0.0156. The van der Waals surface area contributed by atoms with Gasteiger partial charge in [-0.2, -0.15) is 5.10 Å². The van der Waals surface area contributed by atoms with Gasteiger partial charge in [-0.15, -0.1) is 0 Å². The third-order valence-corrected chi connectivity index (χ3v) is 3.81. The summed E-state index contributed by atoms with van der Waals surface area (Å²) in [5.74, 6) is 1.46. The number of hydrogen-bond acceptors (Lipinski definition) is 4. The van der Waals surface area contributed by atoms with Crippen LogP contribution in [-0.2, 0) is 11.8 Å². The summed E-state index contributed by atoms with van der Waals surface area (Å²) in [7, 11) is 1.84. The minimum Gasteiger partial charge on any atom is -0.494 e. The van der Waals surface area contributed by atoms with Gasteiger partial charge >= 0.3 is 0 Å². The minimum atomic E-state index is -0.457. The predicted octanol–water partition coefficient (Wildman–Crippen LogP) is 2.39. The summed E-state index contributed by atoms with van der Waals surface area (Å²) in [6.07, 6.45) is 4.72. The van der Waals surface area contributed by atoms with Crippen molar-refractivity contribution >= 4 is 11.6 Å². The average Bonchev–Trinajstić information content (AvgIpc) is 2.98. The summed E-state index contributed by atoms with van der Waals surface area (Å²) >= 11 is 0. The van der Waals surface area contributed by atoms with Crippen LogP contribution in [0.25, 0.3) is 0 Å². The third kappa shape index (κ3) is 3.47. The average molecular weight is 315 g/mol. The molecule has 1 aliphatic rings. The molecule has 1 saturated heterocycles. The van der Waals surface area contributed by atoms with Gasteiger partial charge in [0.05, 0.1) is 18.5 Å². The first-order valence-corrected chi connectivity index (χ1v) is 7.87. The second-order valence-corrected chi connectivity index (χ2v) is 5.52. The van der Waals surface area contributed by atoms with Gasteiger partial charge in [0.1, 0.15) is 11.5 Å². The van der Waals surface area contributed by atoms with E-state index in [2.05, 4.69) is 5.10 Å². The second-order valence-electron chi connectivity index (χ2n) is 5.52. The lowest BCUT2D eigenvalue weighted by molar-refractivity contribution is -0.126. The van der Waals surface area contributed by atoms with Gasteiger partial charge in [0.25, 0.3) is 5.91 Å². The Labute approximate surface area is 135 Å². The predicted molar refractivity (Wildman–Crippen MR) is 86.8 cm³/mol. The van der Waals surface area contributed by atoms with Crippen molar-refractivity contribution in [2.45, 2.75) is 25.9 Å². The first-order valence-electron chi connectivity index (χ1n) is 7.87. The number of nitrogens with zero attached hydrogens (tertiary/aromatic N) is 3. The molecule has 122 valence electrons. The molecule has 0 bridgehead atoms. The van der Waals surface area contributed by atoms with Gasteiger partial charge in [-0.3, -0.25) is 9.48 Å². The van der Waals surface area contributed by atoms with Gasteiger partial charge in [0.15, 0.2) is 6.10 Å². The third-order valence-electron chi connectivity index (χ3n) is 3.81. The summed E-state index contributed by atoms with van der Waals surface area (Å²) in [5.41, 5.74) is 0.817. The molecule has 0 radical (unpaired) electrons. The molecular weight excluding hydrogens is 294 g/mol. The number of aryl methyl sites for hydroxylation is 1. The summed E-state index contributed by atoms with van der Waals surface area (Å²) in [6, 6.07) is 7.37. The molecule has 1 aromatic carbocycles. The van der Waals surface area contributed by atoms with E-state index in [9.17, 15) is 4.79 Å². The zero-order valence-electron chi connectivity index (χ0n) is 13.4. The quantitative estimate of drug-likeness (QED) is 0.850. The fourth-order valence-corrected chi connectivity index (χ4v) is 2.70. The van der Waals surface area contributed by atoms with E-state index < -0.39 is 6.10 Å². The van der Waals surface area contributed by atoms with Crippen molar-refractivity contribution in [1.29, 1.82) is 0 Å². The summed E-state index contributed by atoms with van der Waals surface area (Å²) < 4.78 is 13.0. The van der Waals surface area contributed by atoms with Crippen LogP contribution in [0.3, 0.4) is 0 Å². The standard InChI is InChI=1S/C17H21N3O3/c1-3-22-14-6-8-15(9-7-14)23-16-5-4-10-20(17(16)21)13-11-18-19(2)12-13/h6-9,11-12,16H,3-5,10H2,1-2H3. The number of piperidine rings is 1. The molecule has 1 aliphatic heterocycles. The van der Waals surface area contributed by atoms with Crippen LogP contribution in [0.15, 0.2) is 36.7 Å². The van der Waals surface area contributed by atoms with Crippen LogP contribution in [0.4, 0.5) is 5.69 Å². The largest absolute Gasteiger partial charge is 0.494 e. The van der Waals surface area contributed by atoms with Crippen LogP contribution in [0.5, 0.6) is 11.5 Å². The molecule has 0 aliphatic carbocycles. The van der Waals surface area contributed by atoms with E-state index in [1.807, 2.05) is 44.4 Å². The van der Waals surface area contributed by atoms with Gasteiger partial charge in [-0.05, 0) is 44.0 Å². The van der Waals surface area contributed by atoms with E-state index >= 15 is 0 Å². The Morgan fingerprint density at radius 2 is 2.00 bits per heavy atom. The SMILES string of the molecule is CCOc1ccc(OC2CCCN(c3cnn(C)c3)C2=O)cc1. The molecule has 2 heterocycles. The molecule has 6 nitrogen and oxygen atoms in total. The molecule has 1 fully saturated rings. The fraction of sp³-hybridized carbons (Fsp3) is 0.412. The smallest absolute Gasteiger partial charge is 0.268 e. The van der Waals surface area contributed by atoms with E-state index in [1.165, 1.54) is 0 Å². The van der Waals surface area contributed by atoms with E-state index in [-0.39, 0.29) is 5.91 Å². The topological polar surface area (TPSA) is 56.6 Å². The van der Waals surface area contributed by atoms with Crippen LogP contribution >= 0.6 is 0 Å². The Balaban J connectivity index is 1.68. The van der Waals surface area contributed by atoms with Crippen LogP contribution in [0.1, 0.15) is 19.8 Å². The number of ether oxygens (including phenoxy) is 2. The number of anilines is 1. The molecular formula is C17H21N3O3. The normalized spacial score (nSPS) is 18.1. The number of rotatable bonds is 5. The number of hydrogen-bond donors (Lipinski definition) is 0. The van der Waals surface area contributed by atoms with Crippen molar-refractivity contribution in [2.75, 3.05) is 18.1 Å². The number of amides is 1. The maximum absolute atomic E-state index is 12.6. The maximum Gasteiger partial charge on any atom is 0.268 e. The van der Waals surface area contributed by atoms with Crippen molar-refractivity contribution < 1.29 is 14.3 Å². The molecule has 2 aromatic rings. The van der Waals surface area contributed by atoms with Crippen molar-refractivity contribution in [2.24, 2.45) is 7.05 Å². The van der Waals surface area contributed by atoms with E-state index in [4.69, 9.17) is 9.47 Å². The van der Waals surface area contributed by atoms with E-state index in [0.29, 0.717) is 18.9 Å². The van der Waals surface area contributed by atoms with Gasteiger partial charge < -0.3 is 14.4 Å². The fourth-order valence-electron chi connectivity index (χ4n) is 2.70. The maximum atomic E-state index is 12.6. The monoisotopic (exact) mass is 315 g/mol. The van der Waals surface area contributed by atoms with Crippen LogP contribution in [-0.4, -0.2) is 34.9 Å². The zero-order valence-corrected chi connectivity index (χ0v) is 13.4. The molecule has 1 amide bonds. The number of carbonyl (C=O) groups excluding carboxylic acids is 1. The zero-order chi connectivity index (χ0) is 16.2. The number of carbonyl (C=O) groups is 1. The Morgan fingerprint density at radius 1 is 1.26 bits per heavy atom. The summed E-state index contributed by atoms with van der Waals surface area (Å²) in [5, 5.41) is 4.13. The summed E-state index contributed by atoms with van der Waals surface area (Å²) in [6.45, 7) is 3.27. The molecule has 0 spiro atoms. The van der Waals surface area contributed by atoms with Crippen molar-refractivity contribution in [1.82, 2.24) is 9.78 Å². The lowest BCUT2D eigenvalue weighted by atomic mass is 10.1. The molecule has 23 heavy (non-hydrogen) atoms. The highest BCUT2D eigenvalue weighted by Gasteiger charge is 2.31. The van der Waals surface area contributed by atoms with Gasteiger partial charge in [-0.25, -0.2) is 0 Å². The lowest BCUT2D eigenvalue weighted by Crippen LogP contribution is -2.46. The van der Waals surface area contributed by atoms with Crippen molar-refractivity contribution in [3.05, 3.63) is 36.7 Å². The van der Waals surface area contributed by atoms with Crippen LogP contribution in [0, 0.1) is 0 Å². The lowest BCUT2D eigenvalue weighted by Gasteiger charge is -2.31. The molecule has 1 aromatic heterocycles. The Hall–Kier alpha value is -2.50. The van der Waals surface area contributed by atoms with Crippen LogP contribution in [0.2, 0.25) is 0 Å². The van der Waals surface area contributed by atoms with Gasteiger partial charge in [0.2, 0.25) is 0 Å². The Morgan fingerprint density at radius 3 is 2.65 bits per heavy atom. The van der Waals surface area contributed by atoms with Gasteiger partial charge in [-0.1, -0.05) is 0 Å². The molecule has 3 rings (SSSR count). The van der Waals surface area contributed by atoms with E-state index in [0.717, 1.165) is 24.3 Å². The second kappa shape index (κ2) is 6.73. The Bertz CT molecular complexity index is 666. The van der Waals surface area contributed by atoms with Crippen LogP contribution < -0.4 is 14.4 Å². The van der Waals surface area contributed by atoms with E-state index in [1.54, 1.807) is 15.8 Å². The van der Waals surface area contributed by atoms with Gasteiger partial charge in [0, 0.05) is 19.8 Å². The van der Waals surface area contributed by atoms with Crippen molar-refractivity contribution in [3.63, 3.8) is 0 Å². The number of aromatic nitrogens is 2. The Kier molecular flexibility index (Phi) is 4.50. The molecule has 6 heteroatoms. The molecule has 0 N–H and O–H groups in total. The molecule has 1 atom stereocenters. The first-order chi connectivity index (χ1) is 11.2.